The molecule has 0 saturated heterocycles. The van der Waals surface area contributed by atoms with Gasteiger partial charge in [0, 0.05) is 5.02 Å². The van der Waals surface area contributed by atoms with Gasteiger partial charge in [-0.05, 0) is 31.4 Å². The Bertz CT molecular complexity index is 595. The monoisotopic (exact) mass is 392 g/mol. The second kappa shape index (κ2) is 8.93. The van der Waals surface area contributed by atoms with Crippen LogP contribution >= 0.6 is 34.8 Å². The van der Waals surface area contributed by atoms with Crippen molar-refractivity contribution in [2.45, 2.75) is 39.0 Å². The lowest BCUT2D eigenvalue weighted by Crippen LogP contribution is -2.36. The molecule has 1 aliphatic carbocycles. The Hall–Kier alpha value is -0.970. The number of benzene rings is 1. The quantitative estimate of drug-likeness (QED) is 0.502. The minimum absolute atomic E-state index is 0.0685. The smallest absolute Gasteiger partial charge is 0.315 e. The largest absolute Gasteiger partial charge is 0.465 e. The topological polar surface area (TPSA) is 52.6 Å². The highest BCUT2D eigenvalue weighted by Crippen LogP contribution is 2.38. The molecule has 1 aromatic rings. The zero-order valence-electron chi connectivity index (χ0n) is 13.3. The Balaban J connectivity index is 2.13. The minimum Gasteiger partial charge on any atom is -0.465 e. The molecule has 1 saturated carbocycles. The van der Waals surface area contributed by atoms with Gasteiger partial charge in [-0.1, -0.05) is 54.6 Å². The molecule has 0 bridgehead atoms. The summed E-state index contributed by atoms with van der Waals surface area (Å²) >= 11 is 17.9. The fraction of sp³-hybridized carbons (Fsp3) is 0.529. The molecule has 0 aliphatic heterocycles. The zero-order valence-corrected chi connectivity index (χ0v) is 15.6. The molecule has 4 nitrogen and oxygen atoms in total. The molecule has 2 unspecified atom stereocenters. The van der Waals surface area contributed by atoms with E-state index in [1.54, 1.807) is 0 Å². The molecular weight excluding hydrogens is 375 g/mol. The van der Waals surface area contributed by atoms with Gasteiger partial charge >= 0.3 is 11.9 Å². The molecule has 0 spiro atoms. The normalized spacial score (nSPS) is 20.5. The predicted octanol–water partition coefficient (Wildman–Crippen LogP) is 5.31. The molecule has 7 heteroatoms. The summed E-state index contributed by atoms with van der Waals surface area (Å²) in [7, 11) is 0. The molecule has 0 radical (unpaired) electrons. The van der Waals surface area contributed by atoms with Crippen molar-refractivity contribution in [3.05, 3.63) is 27.2 Å². The van der Waals surface area contributed by atoms with Gasteiger partial charge in [-0.15, -0.1) is 0 Å². The van der Waals surface area contributed by atoms with Crippen molar-refractivity contribution < 1.29 is 19.1 Å². The zero-order chi connectivity index (χ0) is 17.7. The molecule has 132 valence electrons. The van der Waals surface area contributed by atoms with Crippen LogP contribution in [0.5, 0.6) is 5.75 Å². The van der Waals surface area contributed by atoms with Crippen LogP contribution in [0.25, 0.3) is 0 Å². The Kier molecular flexibility index (Phi) is 7.20. The van der Waals surface area contributed by atoms with Crippen LogP contribution in [0.15, 0.2) is 12.1 Å². The van der Waals surface area contributed by atoms with E-state index in [0.717, 1.165) is 19.3 Å². The van der Waals surface area contributed by atoms with E-state index in [1.807, 2.05) is 6.92 Å². The van der Waals surface area contributed by atoms with Crippen LogP contribution in [-0.2, 0) is 14.3 Å². The molecule has 0 amide bonds. The van der Waals surface area contributed by atoms with E-state index in [4.69, 9.17) is 44.3 Å². The van der Waals surface area contributed by atoms with Gasteiger partial charge in [0.25, 0.3) is 0 Å². The van der Waals surface area contributed by atoms with Crippen molar-refractivity contribution in [2.24, 2.45) is 11.8 Å². The average molecular weight is 394 g/mol. The van der Waals surface area contributed by atoms with Gasteiger partial charge in [-0.3, -0.25) is 9.59 Å². The number of hydrogen-bond acceptors (Lipinski definition) is 4. The van der Waals surface area contributed by atoms with Crippen LogP contribution in [0.4, 0.5) is 0 Å². The van der Waals surface area contributed by atoms with Crippen LogP contribution in [-0.4, -0.2) is 18.5 Å². The van der Waals surface area contributed by atoms with Gasteiger partial charge in [-0.25, -0.2) is 0 Å². The van der Waals surface area contributed by atoms with Gasteiger partial charge in [0.1, 0.15) is 0 Å². The molecule has 2 rings (SSSR count). The SMILES string of the molecule is CCCOC(=O)C1CCCCC1C(=O)Oc1c(Cl)cc(Cl)cc1Cl. The highest BCUT2D eigenvalue weighted by atomic mass is 35.5. The number of ether oxygens (including phenoxy) is 2. The minimum atomic E-state index is -0.550. The van der Waals surface area contributed by atoms with Gasteiger partial charge in [0.05, 0.1) is 28.5 Å². The highest BCUT2D eigenvalue weighted by molar-refractivity contribution is 6.40. The lowest BCUT2D eigenvalue weighted by atomic mass is 9.79. The van der Waals surface area contributed by atoms with Crippen molar-refractivity contribution in [1.29, 1.82) is 0 Å². The Morgan fingerprint density at radius 2 is 1.58 bits per heavy atom. The van der Waals surface area contributed by atoms with Crippen molar-refractivity contribution in [3.63, 3.8) is 0 Å². The first-order chi connectivity index (χ1) is 11.4. The van der Waals surface area contributed by atoms with Gasteiger partial charge in [-0.2, -0.15) is 0 Å². The number of carbonyl (C=O) groups excluding carboxylic acids is 2. The van der Waals surface area contributed by atoms with E-state index < -0.39 is 17.8 Å². The summed E-state index contributed by atoms with van der Waals surface area (Å²) in [6.45, 7) is 2.27. The first kappa shape index (κ1) is 19.4. The third-order valence-electron chi connectivity index (χ3n) is 3.99. The number of esters is 2. The summed E-state index contributed by atoms with van der Waals surface area (Å²) in [5.41, 5.74) is 0. The fourth-order valence-corrected chi connectivity index (χ4v) is 3.70. The molecule has 1 aromatic carbocycles. The van der Waals surface area contributed by atoms with Crippen LogP contribution in [0.3, 0.4) is 0 Å². The summed E-state index contributed by atoms with van der Waals surface area (Å²) in [6.07, 6.45) is 3.68. The summed E-state index contributed by atoms with van der Waals surface area (Å²) < 4.78 is 10.6. The van der Waals surface area contributed by atoms with Crippen molar-refractivity contribution in [1.82, 2.24) is 0 Å². The van der Waals surface area contributed by atoms with Gasteiger partial charge in [0.2, 0.25) is 0 Å². The van der Waals surface area contributed by atoms with Crippen molar-refractivity contribution in [3.8, 4) is 5.75 Å². The van der Waals surface area contributed by atoms with E-state index >= 15 is 0 Å². The van der Waals surface area contributed by atoms with E-state index in [9.17, 15) is 9.59 Å². The maximum atomic E-state index is 12.6. The highest BCUT2D eigenvalue weighted by Gasteiger charge is 2.38. The lowest BCUT2D eigenvalue weighted by molar-refractivity contribution is -0.158. The first-order valence-electron chi connectivity index (χ1n) is 7.97. The Morgan fingerprint density at radius 1 is 1.04 bits per heavy atom. The first-order valence-corrected chi connectivity index (χ1v) is 9.10. The standard InChI is InChI=1S/C17H19Cl3O4/c1-2-7-23-16(21)11-5-3-4-6-12(11)17(22)24-15-13(19)8-10(18)9-14(15)20/h8-9,11-12H,2-7H2,1H3. The molecule has 0 heterocycles. The van der Waals surface area contributed by atoms with Crippen LogP contribution in [0, 0.1) is 11.8 Å². The van der Waals surface area contributed by atoms with Gasteiger partial charge in [0.15, 0.2) is 5.75 Å². The molecule has 1 aliphatic rings. The van der Waals surface area contributed by atoms with E-state index in [2.05, 4.69) is 0 Å². The maximum absolute atomic E-state index is 12.6. The van der Waals surface area contributed by atoms with E-state index in [0.29, 0.717) is 24.5 Å². The third-order valence-corrected chi connectivity index (χ3v) is 4.77. The Morgan fingerprint density at radius 3 is 2.12 bits per heavy atom. The summed E-state index contributed by atoms with van der Waals surface area (Å²) in [5.74, 6) is -1.82. The van der Waals surface area contributed by atoms with Gasteiger partial charge < -0.3 is 9.47 Å². The molecule has 0 aromatic heterocycles. The van der Waals surface area contributed by atoms with Crippen LogP contribution < -0.4 is 4.74 Å². The molecule has 2 atom stereocenters. The molecule has 1 fully saturated rings. The van der Waals surface area contributed by atoms with Crippen molar-refractivity contribution >= 4 is 46.7 Å². The number of hydrogen-bond donors (Lipinski definition) is 0. The van der Waals surface area contributed by atoms with Crippen molar-refractivity contribution in [2.75, 3.05) is 6.61 Å². The molecule has 0 N–H and O–H groups in total. The van der Waals surface area contributed by atoms with Crippen LogP contribution in [0.1, 0.15) is 39.0 Å². The fourth-order valence-electron chi connectivity index (χ4n) is 2.81. The number of carbonyl (C=O) groups is 2. The molecule has 24 heavy (non-hydrogen) atoms. The summed E-state index contributed by atoms with van der Waals surface area (Å²) in [5, 5.41) is 0.659. The average Bonchev–Trinajstić information content (AvgIpc) is 2.55. The second-order valence-corrected chi connectivity index (χ2v) is 7.04. The number of rotatable bonds is 5. The second-order valence-electron chi connectivity index (χ2n) is 5.78. The predicted molar refractivity (Wildman–Crippen MR) is 93.8 cm³/mol. The lowest BCUT2D eigenvalue weighted by Gasteiger charge is -2.28. The van der Waals surface area contributed by atoms with E-state index in [1.165, 1.54) is 12.1 Å². The third kappa shape index (κ3) is 4.78. The molecular formula is C17H19Cl3O4. The van der Waals surface area contributed by atoms with Crippen LogP contribution in [0.2, 0.25) is 15.1 Å². The Labute approximate surface area is 156 Å². The van der Waals surface area contributed by atoms with E-state index in [-0.39, 0.29) is 21.8 Å². The maximum Gasteiger partial charge on any atom is 0.315 e. The number of halogens is 3. The summed E-state index contributed by atoms with van der Waals surface area (Å²) in [6, 6.07) is 2.90. The summed E-state index contributed by atoms with van der Waals surface area (Å²) in [4.78, 5) is 24.8.